The van der Waals surface area contributed by atoms with E-state index < -0.39 is 0 Å². The molecular weight excluding hydrogens is 368 g/mol. The van der Waals surface area contributed by atoms with Crippen molar-refractivity contribution < 1.29 is 14.0 Å². The lowest BCUT2D eigenvalue weighted by molar-refractivity contribution is 0.0680. The van der Waals surface area contributed by atoms with E-state index in [0.29, 0.717) is 17.2 Å². The number of piperidine rings is 1. The molecule has 0 spiro atoms. The van der Waals surface area contributed by atoms with Gasteiger partial charge in [0.25, 0.3) is 11.8 Å². The molecule has 1 aliphatic rings. The number of rotatable bonds is 5. The van der Waals surface area contributed by atoms with Crippen molar-refractivity contribution in [2.24, 2.45) is 5.92 Å². The molecule has 150 valence electrons. The summed E-state index contributed by atoms with van der Waals surface area (Å²) in [5.74, 6) is 0.440. The normalized spacial score (nSPS) is 14.7. The van der Waals surface area contributed by atoms with Gasteiger partial charge >= 0.3 is 0 Å². The van der Waals surface area contributed by atoms with E-state index in [2.05, 4.69) is 10.4 Å². The van der Waals surface area contributed by atoms with Gasteiger partial charge in [-0.15, -0.1) is 0 Å². The standard InChI is InChI=1S/C22H24N4O3/c1-16-18(5-2-6-19(16)24-21(27)20-7-3-14-29-20)22(28)25-12-8-17(9-13-25)15-26-11-4-10-23-26/h2-7,10-11,14,17H,8-9,12-13,15H2,1H3,(H,24,27). The van der Waals surface area contributed by atoms with E-state index in [0.717, 1.165) is 38.0 Å². The number of benzene rings is 1. The van der Waals surface area contributed by atoms with Crippen molar-refractivity contribution in [2.75, 3.05) is 18.4 Å². The Balaban J connectivity index is 1.40. The number of carbonyl (C=O) groups excluding carboxylic acids is 2. The summed E-state index contributed by atoms with van der Waals surface area (Å²) in [5.41, 5.74) is 2.00. The summed E-state index contributed by atoms with van der Waals surface area (Å²) in [7, 11) is 0. The van der Waals surface area contributed by atoms with E-state index in [1.165, 1.54) is 6.26 Å². The highest BCUT2D eigenvalue weighted by molar-refractivity contribution is 6.04. The van der Waals surface area contributed by atoms with Crippen LogP contribution in [0.25, 0.3) is 0 Å². The highest BCUT2D eigenvalue weighted by atomic mass is 16.3. The number of anilines is 1. The van der Waals surface area contributed by atoms with E-state index >= 15 is 0 Å². The highest BCUT2D eigenvalue weighted by Crippen LogP contribution is 2.25. The Labute approximate surface area is 169 Å². The summed E-state index contributed by atoms with van der Waals surface area (Å²) >= 11 is 0. The number of furan rings is 1. The third-order valence-electron chi connectivity index (χ3n) is 5.46. The molecule has 0 bridgehead atoms. The summed E-state index contributed by atoms with van der Waals surface area (Å²) in [5, 5.41) is 7.10. The lowest BCUT2D eigenvalue weighted by Crippen LogP contribution is -2.39. The first kappa shape index (κ1) is 19.0. The monoisotopic (exact) mass is 392 g/mol. The van der Waals surface area contributed by atoms with Crippen molar-refractivity contribution >= 4 is 17.5 Å². The molecule has 2 amide bonds. The molecule has 4 rings (SSSR count). The smallest absolute Gasteiger partial charge is 0.291 e. The van der Waals surface area contributed by atoms with Crippen LogP contribution in [0.4, 0.5) is 5.69 Å². The first-order chi connectivity index (χ1) is 14.1. The molecular formula is C22H24N4O3. The molecule has 2 aromatic heterocycles. The minimum atomic E-state index is -0.331. The summed E-state index contributed by atoms with van der Waals surface area (Å²) < 4.78 is 7.09. The number of hydrogen-bond donors (Lipinski definition) is 1. The molecule has 7 nitrogen and oxygen atoms in total. The van der Waals surface area contributed by atoms with Crippen LogP contribution in [0.2, 0.25) is 0 Å². The van der Waals surface area contributed by atoms with Crippen LogP contribution in [0, 0.1) is 12.8 Å². The van der Waals surface area contributed by atoms with E-state index in [4.69, 9.17) is 4.42 Å². The second kappa shape index (κ2) is 8.34. The van der Waals surface area contributed by atoms with Crippen LogP contribution in [-0.4, -0.2) is 39.6 Å². The van der Waals surface area contributed by atoms with Crippen molar-refractivity contribution in [1.29, 1.82) is 0 Å². The van der Waals surface area contributed by atoms with Crippen molar-refractivity contribution in [3.8, 4) is 0 Å². The molecule has 1 aromatic carbocycles. The van der Waals surface area contributed by atoms with Gasteiger partial charge in [-0.1, -0.05) is 6.07 Å². The number of nitrogens with one attached hydrogen (secondary N) is 1. The zero-order chi connectivity index (χ0) is 20.2. The molecule has 0 atom stereocenters. The van der Waals surface area contributed by atoms with Crippen LogP contribution in [-0.2, 0) is 6.54 Å². The third kappa shape index (κ3) is 4.23. The predicted octanol–water partition coefficient (Wildman–Crippen LogP) is 3.59. The van der Waals surface area contributed by atoms with Crippen LogP contribution in [0.5, 0.6) is 0 Å². The summed E-state index contributed by atoms with van der Waals surface area (Å²) in [4.78, 5) is 27.3. The van der Waals surface area contributed by atoms with Crippen LogP contribution in [0.15, 0.2) is 59.5 Å². The van der Waals surface area contributed by atoms with E-state index in [9.17, 15) is 9.59 Å². The van der Waals surface area contributed by atoms with Crippen molar-refractivity contribution in [2.45, 2.75) is 26.3 Å². The second-order valence-electron chi connectivity index (χ2n) is 7.37. The van der Waals surface area contributed by atoms with E-state index in [1.54, 1.807) is 30.5 Å². The topological polar surface area (TPSA) is 80.4 Å². The van der Waals surface area contributed by atoms with Gasteiger partial charge in [0.15, 0.2) is 5.76 Å². The van der Waals surface area contributed by atoms with Gasteiger partial charge in [-0.25, -0.2) is 0 Å². The summed E-state index contributed by atoms with van der Waals surface area (Å²) in [6.45, 7) is 4.21. The molecule has 0 unspecified atom stereocenters. The summed E-state index contributed by atoms with van der Waals surface area (Å²) in [6, 6.07) is 10.6. The van der Waals surface area contributed by atoms with E-state index in [-0.39, 0.29) is 17.6 Å². The minimum absolute atomic E-state index is 0.00846. The molecule has 1 aliphatic heterocycles. The fourth-order valence-electron chi connectivity index (χ4n) is 3.76. The molecule has 3 aromatic rings. The maximum absolute atomic E-state index is 13.1. The molecule has 0 aliphatic carbocycles. The fraction of sp³-hybridized carbons (Fsp3) is 0.318. The Morgan fingerprint density at radius 1 is 1.17 bits per heavy atom. The van der Waals surface area contributed by atoms with Crippen LogP contribution in [0.1, 0.15) is 39.3 Å². The van der Waals surface area contributed by atoms with Gasteiger partial charge in [-0.3, -0.25) is 14.3 Å². The third-order valence-corrected chi connectivity index (χ3v) is 5.46. The predicted molar refractivity (Wildman–Crippen MR) is 109 cm³/mol. The fourth-order valence-corrected chi connectivity index (χ4v) is 3.76. The zero-order valence-electron chi connectivity index (χ0n) is 16.4. The number of hydrogen-bond acceptors (Lipinski definition) is 4. The first-order valence-corrected chi connectivity index (χ1v) is 9.83. The van der Waals surface area contributed by atoms with E-state index in [1.807, 2.05) is 34.8 Å². The summed E-state index contributed by atoms with van der Waals surface area (Å²) in [6.07, 6.45) is 7.14. The molecule has 7 heteroatoms. The van der Waals surface area contributed by atoms with Gasteiger partial charge in [-0.05, 0) is 61.6 Å². The molecule has 3 heterocycles. The van der Waals surface area contributed by atoms with Gasteiger partial charge in [0.2, 0.25) is 0 Å². The Morgan fingerprint density at radius 2 is 2.00 bits per heavy atom. The van der Waals surface area contributed by atoms with Gasteiger partial charge < -0.3 is 14.6 Å². The van der Waals surface area contributed by atoms with Crippen LogP contribution >= 0.6 is 0 Å². The number of nitrogens with zero attached hydrogens (tertiary/aromatic N) is 3. The first-order valence-electron chi connectivity index (χ1n) is 9.83. The average molecular weight is 392 g/mol. The Hall–Kier alpha value is -3.35. The maximum Gasteiger partial charge on any atom is 0.291 e. The lowest BCUT2D eigenvalue weighted by atomic mass is 9.95. The number of carbonyl (C=O) groups is 2. The maximum atomic E-state index is 13.1. The molecule has 1 N–H and O–H groups in total. The van der Waals surface area contributed by atoms with Gasteiger partial charge in [0, 0.05) is 43.3 Å². The molecule has 1 saturated heterocycles. The van der Waals surface area contributed by atoms with Crippen LogP contribution in [0.3, 0.4) is 0 Å². The Bertz CT molecular complexity index is 972. The Morgan fingerprint density at radius 3 is 2.69 bits per heavy atom. The lowest BCUT2D eigenvalue weighted by Gasteiger charge is -2.32. The van der Waals surface area contributed by atoms with Gasteiger partial charge in [0.05, 0.1) is 6.26 Å². The minimum Gasteiger partial charge on any atom is -0.459 e. The molecule has 0 radical (unpaired) electrons. The second-order valence-corrected chi connectivity index (χ2v) is 7.37. The quantitative estimate of drug-likeness (QED) is 0.720. The Kier molecular flexibility index (Phi) is 5.46. The number of likely N-dealkylation sites (tertiary alicyclic amines) is 1. The molecule has 29 heavy (non-hydrogen) atoms. The number of amides is 2. The molecule has 1 fully saturated rings. The van der Waals surface area contributed by atoms with Crippen molar-refractivity contribution in [1.82, 2.24) is 14.7 Å². The SMILES string of the molecule is Cc1c(NC(=O)c2ccco2)cccc1C(=O)N1CCC(Cn2cccn2)CC1. The average Bonchev–Trinajstić information content (AvgIpc) is 3.44. The van der Waals surface area contributed by atoms with Crippen LogP contribution < -0.4 is 5.32 Å². The van der Waals surface area contributed by atoms with Crippen molar-refractivity contribution in [3.05, 3.63) is 71.9 Å². The van der Waals surface area contributed by atoms with Crippen molar-refractivity contribution in [3.63, 3.8) is 0 Å². The van der Waals surface area contributed by atoms with Gasteiger partial charge in [-0.2, -0.15) is 5.10 Å². The zero-order valence-corrected chi connectivity index (χ0v) is 16.4. The highest BCUT2D eigenvalue weighted by Gasteiger charge is 2.25. The number of aromatic nitrogens is 2. The van der Waals surface area contributed by atoms with Gasteiger partial charge in [0.1, 0.15) is 0 Å². The molecule has 0 saturated carbocycles. The largest absolute Gasteiger partial charge is 0.459 e.